The number of phenolic OH excluding ortho intramolecular Hbond substituents is 1. The fourth-order valence-electron chi connectivity index (χ4n) is 4.79. The number of benzene rings is 1. The van der Waals surface area contributed by atoms with E-state index in [0.717, 1.165) is 24.1 Å². The molecule has 0 radical (unpaired) electrons. The first-order chi connectivity index (χ1) is 9.64. The van der Waals surface area contributed by atoms with E-state index in [1.165, 1.54) is 0 Å². The molecule has 1 saturated heterocycles. The lowest BCUT2D eigenvalue weighted by molar-refractivity contribution is -0.139. The smallest absolute Gasteiger partial charge is 0.144 e. The average Bonchev–Trinajstić information content (AvgIpc) is 2.44. The molecule has 1 saturated carbocycles. The third kappa shape index (κ3) is 1.36. The molecule has 106 valence electrons. The van der Waals surface area contributed by atoms with Crippen molar-refractivity contribution in [2.45, 2.75) is 43.2 Å². The van der Waals surface area contributed by atoms with Crippen molar-refractivity contribution in [3.8, 4) is 5.75 Å². The van der Waals surface area contributed by atoms with Crippen molar-refractivity contribution in [3.05, 3.63) is 29.3 Å². The molecule has 2 fully saturated rings. The molecule has 0 amide bonds. The van der Waals surface area contributed by atoms with E-state index in [1.54, 1.807) is 6.07 Å². The molecule has 20 heavy (non-hydrogen) atoms. The fourth-order valence-corrected chi connectivity index (χ4v) is 4.79. The monoisotopic (exact) mass is 273 g/mol. The molecule has 4 heteroatoms. The number of nitrogens with one attached hydrogen (secondary N) is 1. The summed E-state index contributed by atoms with van der Waals surface area (Å²) in [6.07, 6.45) is 2.00. The number of fused-ring (bicyclic) bond motifs is 1. The molecule has 3 N–H and O–H groups in total. The van der Waals surface area contributed by atoms with Crippen LogP contribution in [0.15, 0.2) is 18.2 Å². The van der Waals surface area contributed by atoms with Crippen LogP contribution in [-0.4, -0.2) is 34.7 Å². The van der Waals surface area contributed by atoms with Crippen molar-refractivity contribution in [1.82, 2.24) is 5.32 Å². The van der Waals surface area contributed by atoms with Crippen LogP contribution in [-0.2, 0) is 16.6 Å². The fraction of sp³-hybridized carbons (Fsp3) is 0.562. The molecule has 4 nitrogen and oxygen atoms in total. The highest BCUT2D eigenvalue weighted by Gasteiger charge is 2.59. The molecule has 0 unspecified atom stereocenters. The molecule has 1 aromatic carbocycles. The van der Waals surface area contributed by atoms with Crippen molar-refractivity contribution in [1.29, 1.82) is 0 Å². The molecular formula is C16H19NO3. The van der Waals surface area contributed by atoms with Gasteiger partial charge in [-0.2, -0.15) is 0 Å². The van der Waals surface area contributed by atoms with Gasteiger partial charge in [-0.25, -0.2) is 0 Å². The van der Waals surface area contributed by atoms with Crippen LogP contribution >= 0.6 is 0 Å². The van der Waals surface area contributed by atoms with Crippen LogP contribution in [0.2, 0.25) is 0 Å². The lowest BCUT2D eigenvalue weighted by Crippen LogP contribution is -2.66. The van der Waals surface area contributed by atoms with E-state index in [2.05, 4.69) is 5.32 Å². The molecule has 0 spiro atoms. The molecule has 1 heterocycles. The van der Waals surface area contributed by atoms with Crippen molar-refractivity contribution < 1.29 is 15.0 Å². The maximum atomic E-state index is 12.8. The molecular weight excluding hydrogens is 254 g/mol. The van der Waals surface area contributed by atoms with Gasteiger partial charge in [0.2, 0.25) is 0 Å². The van der Waals surface area contributed by atoms with Crippen LogP contribution in [0.1, 0.15) is 30.4 Å². The number of aliphatic hydroxyl groups excluding tert-OH is 1. The molecule has 0 aromatic heterocycles. The van der Waals surface area contributed by atoms with Gasteiger partial charge in [0.15, 0.2) is 0 Å². The van der Waals surface area contributed by atoms with Crippen LogP contribution in [0.5, 0.6) is 5.75 Å². The number of rotatable bonds is 0. The Balaban J connectivity index is 1.99. The summed E-state index contributed by atoms with van der Waals surface area (Å²) in [7, 11) is 0. The summed E-state index contributed by atoms with van der Waals surface area (Å²) in [5.41, 5.74) is 1.27. The van der Waals surface area contributed by atoms with Crippen LogP contribution in [0, 0.1) is 5.92 Å². The van der Waals surface area contributed by atoms with E-state index in [0.29, 0.717) is 19.3 Å². The van der Waals surface area contributed by atoms with Gasteiger partial charge in [-0.15, -0.1) is 0 Å². The van der Waals surface area contributed by atoms with Crippen LogP contribution in [0.25, 0.3) is 0 Å². The zero-order valence-electron chi connectivity index (χ0n) is 11.3. The minimum atomic E-state index is -0.583. The van der Waals surface area contributed by atoms with Crippen molar-refractivity contribution in [2.75, 3.05) is 6.54 Å². The van der Waals surface area contributed by atoms with Gasteiger partial charge < -0.3 is 15.5 Å². The number of Topliss-reactive ketones (excluding diaryl/α,β-unsaturated/α-hetero) is 1. The summed E-state index contributed by atoms with van der Waals surface area (Å²) in [4.78, 5) is 12.8. The van der Waals surface area contributed by atoms with Gasteiger partial charge in [-0.3, -0.25) is 4.79 Å². The van der Waals surface area contributed by atoms with Gasteiger partial charge in [-0.1, -0.05) is 12.1 Å². The first kappa shape index (κ1) is 12.4. The number of carbonyl (C=O) groups is 1. The summed E-state index contributed by atoms with van der Waals surface area (Å²) in [6, 6.07) is 5.56. The first-order valence-electron chi connectivity index (χ1n) is 7.40. The number of aliphatic hydroxyl groups is 1. The lowest BCUT2D eigenvalue weighted by atomic mass is 9.51. The SMILES string of the molecule is O=C1CC[C@@H](O)[C@H]2[C@H]3Cc4c(O)cccc4[C@@]12CCN3. The largest absolute Gasteiger partial charge is 0.508 e. The predicted octanol–water partition coefficient (Wildman–Crippen LogP) is 0.888. The Kier molecular flexibility index (Phi) is 2.51. The predicted molar refractivity (Wildman–Crippen MR) is 73.6 cm³/mol. The van der Waals surface area contributed by atoms with E-state index in [1.807, 2.05) is 12.1 Å². The molecule has 4 rings (SSSR count). The maximum absolute atomic E-state index is 12.8. The molecule has 2 aliphatic carbocycles. The van der Waals surface area contributed by atoms with Gasteiger partial charge in [0.05, 0.1) is 11.5 Å². The van der Waals surface area contributed by atoms with Crippen LogP contribution in [0.3, 0.4) is 0 Å². The molecule has 1 aromatic rings. The van der Waals surface area contributed by atoms with Crippen molar-refractivity contribution >= 4 is 5.78 Å². The van der Waals surface area contributed by atoms with Crippen molar-refractivity contribution in [3.63, 3.8) is 0 Å². The Morgan fingerprint density at radius 3 is 3.05 bits per heavy atom. The summed E-state index contributed by atoms with van der Waals surface area (Å²) in [6.45, 7) is 0.800. The standard InChI is InChI=1S/C16H19NO3/c18-12-3-1-2-10-9(12)8-11-15-13(19)4-5-14(20)16(10,15)6-7-17-11/h1-3,11,13,15,17-19H,4-8H2/t11-,13-,15-,16+/m1/s1. The highest BCUT2D eigenvalue weighted by Crippen LogP contribution is 2.53. The molecule has 2 bridgehead atoms. The van der Waals surface area contributed by atoms with Gasteiger partial charge in [-0.05, 0) is 43.0 Å². The van der Waals surface area contributed by atoms with Crippen LogP contribution in [0.4, 0.5) is 0 Å². The number of phenols is 1. The Morgan fingerprint density at radius 1 is 1.35 bits per heavy atom. The zero-order chi connectivity index (χ0) is 13.9. The normalized spacial score (nSPS) is 39.0. The second kappa shape index (κ2) is 4.06. The third-order valence-electron chi connectivity index (χ3n) is 5.56. The number of carbonyl (C=O) groups excluding carboxylic acids is 1. The van der Waals surface area contributed by atoms with E-state index >= 15 is 0 Å². The molecule has 1 aliphatic heterocycles. The van der Waals surface area contributed by atoms with E-state index in [4.69, 9.17) is 0 Å². The Labute approximate surface area is 117 Å². The Hall–Kier alpha value is -1.39. The first-order valence-corrected chi connectivity index (χ1v) is 7.40. The summed E-state index contributed by atoms with van der Waals surface area (Å²) >= 11 is 0. The van der Waals surface area contributed by atoms with Crippen LogP contribution < -0.4 is 5.32 Å². The van der Waals surface area contributed by atoms with Gasteiger partial charge in [0.25, 0.3) is 0 Å². The quantitative estimate of drug-likeness (QED) is 0.656. The maximum Gasteiger partial charge on any atom is 0.144 e. The number of hydrogen-bond acceptors (Lipinski definition) is 4. The second-order valence-corrected chi connectivity index (χ2v) is 6.34. The van der Waals surface area contributed by atoms with Crippen molar-refractivity contribution in [2.24, 2.45) is 5.92 Å². The molecule has 3 aliphatic rings. The highest BCUT2D eigenvalue weighted by atomic mass is 16.3. The highest BCUT2D eigenvalue weighted by molar-refractivity contribution is 5.93. The van der Waals surface area contributed by atoms with E-state index < -0.39 is 11.5 Å². The number of ketones is 1. The topological polar surface area (TPSA) is 69.6 Å². The number of aromatic hydroxyl groups is 1. The number of hydrogen-bond donors (Lipinski definition) is 3. The summed E-state index contributed by atoms with van der Waals surface area (Å²) in [5, 5.41) is 24.1. The van der Waals surface area contributed by atoms with Gasteiger partial charge >= 0.3 is 0 Å². The Morgan fingerprint density at radius 2 is 2.20 bits per heavy atom. The lowest BCUT2D eigenvalue weighted by Gasteiger charge is -2.56. The number of piperidine rings is 1. The van der Waals surface area contributed by atoms with E-state index in [-0.39, 0.29) is 23.5 Å². The third-order valence-corrected chi connectivity index (χ3v) is 5.56. The second-order valence-electron chi connectivity index (χ2n) is 6.34. The zero-order valence-corrected chi connectivity index (χ0v) is 11.3. The minimum Gasteiger partial charge on any atom is -0.508 e. The van der Waals surface area contributed by atoms with E-state index in [9.17, 15) is 15.0 Å². The average molecular weight is 273 g/mol. The van der Waals surface area contributed by atoms with Gasteiger partial charge in [0, 0.05) is 18.4 Å². The summed E-state index contributed by atoms with van der Waals surface area (Å²) < 4.78 is 0. The molecule has 4 atom stereocenters. The van der Waals surface area contributed by atoms with Gasteiger partial charge in [0.1, 0.15) is 11.5 Å². The Bertz CT molecular complexity index is 585. The summed E-state index contributed by atoms with van der Waals surface area (Å²) in [5.74, 6) is 0.472. The minimum absolute atomic E-state index is 0.0493.